The van der Waals surface area contributed by atoms with E-state index in [0.29, 0.717) is 24.2 Å². The van der Waals surface area contributed by atoms with E-state index in [-0.39, 0.29) is 17.8 Å². The Morgan fingerprint density at radius 2 is 2.22 bits per heavy atom. The van der Waals surface area contributed by atoms with Gasteiger partial charge in [-0.15, -0.1) is 0 Å². The average molecular weight is 252 g/mol. The number of aliphatic hydroxyl groups is 1. The minimum Gasteiger partial charge on any atom is -0.390 e. The molecule has 1 aromatic carbocycles. The summed E-state index contributed by atoms with van der Waals surface area (Å²) in [6.45, 7) is 2.69. The van der Waals surface area contributed by atoms with Gasteiger partial charge in [0.1, 0.15) is 5.82 Å². The van der Waals surface area contributed by atoms with Crippen LogP contribution in [0.2, 0.25) is 0 Å². The Morgan fingerprint density at radius 3 is 2.78 bits per heavy atom. The second-order valence-electron chi connectivity index (χ2n) is 4.67. The van der Waals surface area contributed by atoms with Crippen LogP contribution in [0.15, 0.2) is 18.2 Å². The van der Waals surface area contributed by atoms with Crippen LogP contribution in [-0.2, 0) is 0 Å². The Bertz CT molecular complexity index is 464. The molecule has 2 atom stereocenters. The Labute approximate surface area is 105 Å². The molecule has 0 aliphatic carbocycles. The fourth-order valence-corrected chi connectivity index (χ4v) is 2.18. The van der Waals surface area contributed by atoms with Crippen LogP contribution in [0.25, 0.3) is 0 Å². The van der Waals surface area contributed by atoms with Crippen molar-refractivity contribution in [2.75, 3.05) is 20.1 Å². The third-order valence-corrected chi connectivity index (χ3v) is 3.37. The number of carbonyl (C=O) groups is 1. The molecule has 1 saturated heterocycles. The van der Waals surface area contributed by atoms with E-state index in [2.05, 4.69) is 5.32 Å². The minimum atomic E-state index is -0.555. The van der Waals surface area contributed by atoms with Crippen LogP contribution in [-0.4, -0.2) is 48.2 Å². The highest BCUT2D eigenvalue weighted by Crippen LogP contribution is 2.14. The number of β-amino-alcohol motifs (C(OH)–C–C–N with tert-alkyl or cyclic N) is 1. The summed E-state index contributed by atoms with van der Waals surface area (Å²) in [5, 5.41) is 12.8. The number of amides is 1. The van der Waals surface area contributed by atoms with Crippen molar-refractivity contribution in [2.45, 2.75) is 19.1 Å². The summed E-state index contributed by atoms with van der Waals surface area (Å²) in [6, 6.07) is 4.06. The summed E-state index contributed by atoms with van der Waals surface area (Å²) >= 11 is 0. The molecule has 0 radical (unpaired) electrons. The number of nitrogens with one attached hydrogen (secondary N) is 1. The van der Waals surface area contributed by atoms with Crippen molar-refractivity contribution in [2.24, 2.45) is 0 Å². The molecule has 1 amide bonds. The van der Waals surface area contributed by atoms with Gasteiger partial charge < -0.3 is 15.3 Å². The van der Waals surface area contributed by atoms with Gasteiger partial charge in [0, 0.05) is 25.7 Å². The first-order chi connectivity index (χ1) is 8.50. The Hall–Kier alpha value is -1.46. The van der Waals surface area contributed by atoms with Gasteiger partial charge in [0.2, 0.25) is 0 Å². The first-order valence-electron chi connectivity index (χ1n) is 5.93. The molecule has 2 N–H and O–H groups in total. The zero-order chi connectivity index (χ0) is 13.3. The molecule has 0 aromatic heterocycles. The third kappa shape index (κ3) is 2.37. The van der Waals surface area contributed by atoms with Gasteiger partial charge in [-0.3, -0.25) is 4.79 Å². The first-order valence-corrected chi connectivity index (χ1v) is 5.93. The molecular weight excluding hydrogens is 235 g/mol. The third-order valence-electron chi connectivity index (χ3n) is 3.37. The lowest BCUT2D eigenvalue weighted by Gasteiger charge is -2.26. The Kier molecular flexibility index (Phi) is 3.63. The number of hydrogen-bond donors (Lipinski definition) is 2. The Morgan fingerprint density at radius 1 is 1.50 bits per heavy atom. The molecule has 1 fully saturated rings. The highest BCUT2D eigenvalue weighted by molar-refractivity contribution is 5.94. The lowest BCUT2D eigenvalue weighted by atomic mass is 10.1. The van der Waals surface area contributed by atoms with Crippen LogP contribution in [0.5, 0.6) is 0 Å². The topological polar surface area (TPSA) is 52.6 Å². The molecule has 1 aliphatic heterocycles. The van der Waals surface area contributed by atoms with Crippen LogP contribution in [0.4, 0.5) is 4.39 Å². The predicted molar refractivity (Wildman–Crippen MR) is 65.9 cm³/mol. The van der Waals surface area contributed by atoms with Gasteiger partial charge in [-0.25, -0.2) is 4.39 Å². The molecular formula is C13H17FN2O2. The number of carbonyl (C=O) groups excluding carboxylic acids is 1. The van der Waals surface area contributed by atoms with E-state index in [0.717, 1.165) is 0 Å². The highest BCUT2D eigenvalue weighted by atomic mass is 19.1. The molecule has 4 nitrogen and oxygen atoms in total. The minimum absolute atomic E-state index is 0.203. The molecule has 2 rings (SSSR count). The molecule has 0 spiro atoms. The number of halogens is 1. The van der Waals surface area contributed by atoms with Gasteiger partial charge in [0.25, 0.3) is 5.91 Å². The zero-order valence-corrected chi connectivity index (χ0v) is 10.5. The van der Waals surface area contributed by atoms with E-state index in [1.54, 1.807) is 14.0 Å². The predicted octanol–water partition coefficient (Wildman–Crippen LogP) is 0.539. The maximum absolute atomic E-state index is 13.2. The van der Waals surface area contributed by atoms with Crippen molar-refractivity contribution >= 4 is 5.91 Å². The van der Waals surface area contributed by atoms with E-state index in [9.17, 15) is 14.3 Å². The van der Waals surface area contributed by atoms with Gasteiger partial charge in [-0.1, -0.05) is 0 Å². The van der Waals surface area contributed by atoms with E-state index in [4.69, 9.17) is 0 Å². The SMILES string of the molecule is Cc1cc(C(=O)N(C)[C@H]2CNC[C@@H]2O)ccc1F. The maximum atomic E-state index is 13.2. The van der Waals surface area contributed by atoms with Gasteiger partial charge in [0.05, 0.1) is 12.1 Å². The van der Waals surface area contributed by atoms with Crippen LogP contribution in [0.1, 0.15) is 15.9 Å². The quantitative estimate of drug-likeness (QED) is 0.807. The van der Waals surface area contributed by atoms with E-state index >= 15 is 0 Å². The average Bonchev–Trinajstić information content (AvgIpc) is 2.77. The van der Waals surface area contributed by atoms with Crippen LogP contribution in [0.3, 0.4) is 0 Å². The molecule has 1 heterocycles. The molecule has 1 aromatic rings. The van der Waals surface area contributed by atoms with Gasteiger partial charge in [-0.05, 0) is 30.7 Å². The first kappa shape index (κ1) is 13.0. The van der Waals surface area contributed by atoms with Gasteiger partial charge >= 0.3 is 0 Å². The molecule has 0 unspecified atom stereocenters. The highest BCUT2D eigenvalue weighted by Gasteiger charge is 2.31. The van der Waals surface area contributed by atoms with Gasteiger partial charge in [0.15, 0.2) is 0 Å². The van der Waals surface area contributed by atoms with E-state index in [1.807, 2.05) is 0 Å². The van der Waals surface area contributed by atoms with Crippen molar-refractivity contribution < 1.29 is 14.3 Å². The normalized spacial score (nSPS) is 23.1. The van der Waals surface area contributed by atoms with Crippen molar-refractivity contribution in [3.8, 4) is 0 Å². The van der Waals surface area contributed by atoms with Crippen molar-refractivity contribution in [1.82, 2.24) is 10.2 Å². The lowest BCUT2D eigenvalue weighted by molar-refractivity contribution is 0.0581. The van der Waals surface area contributed by atoms with E-state index in [1.165, 1.54) is 23.1 Å². The fourth-order valence-electron chi connectivity index (χ4n) is 2.18. The van der Waals surface area contributed by atoms with Crippen LogP contribution < -0.4 is 5.32 Å². The molecule has 0 bridgehead atoms. The standard InChI is InChI=1S/C13H17FN2O2/c1-8-5-9(3-4-10(8)14)13(18)16(2)11-6-15-7-12(11)17/h3-5,11-12,15,17H,6-7H2,1-2H3/t11-,12-/m0/s1. The van der Waals surface area contributed by atoms with Crippen molar-refractivity contribution in [1.29, 1.82) is 0 Å². The fraction of sp³-hybridized carbons (Fsp3) is 0.462. The summed E-state index contributed by atoms with van der Waals surface area (Å²) in [5.74, 6) is -0.525. The number of aryl methyl sites for hydroxylation is 1. The lowest BCUT2D eigenvalue weighted by Crippen LogP contribution is -2.44. The number of hydrogen-bond acceptors (Lipinski definition) is 3. The van der Waals surface area contributed by atoms with E-state index < -0.39 is 6.10 Å². The number of likely N-dealkylation sites (N-methyl/N-ethyl adjacent to an activating group) is 1. The number of benzene rings is 1. The monoisotopic (exact) mass is 252 g/mol. The summed E-state index contributed by atoms with van der Waals surface area (Å²) in [6.07, 6.45) is -0.555. The Balaban J connectivity index is 2.17. The summed E-state index contributed by atoms with van der Waals surface area (Å²) < 4.78 is 13.2. The number of nitrogens with zero attached hydrogens (tertiary/aromatic N) is 1. The van der Waals surface area contributed by atoms with Crippen LogP contribution in [0, 0.1) is 12.7 Å². The molecule has 1 aliphatic rings. The largest absolute Gasteiger partial charge is 0.390 e. The van der Waals surface area contributed by atoms with Crippen molar-refractivity contribution in [3.63, 3.8) is 0 Å². The summed E-state index contributed by atoms with van der Waals surface area (Å²) in [7, 11) is 1.65. The smallest absolute Gasteiger partial charge is 0.253 e. The second kappa shape index (κ2) is 5.04. The molecule has 18 heavy (non-hydrogen) atoms. The second-order valence-corrected chi connectivity index (χ2v) is 4.67. The molecule has 5 heteroatoms. The summed E-state index contributed by atoms with van der Waals surface area (Å²) in [5.41, 5.74) is 0.884. The summed E-state index contributed by atoms with van der Waals surface area (Å²) in [4.78, 5) is 13.7. The molecule has 98 valence electrons. The van der Waals surface area contributed by atoms with Crippen molar-refractivity contribution in [3.05, 3.63) is 35.1 Å². The van der Waals surface area contributed by atoms with Crippen LogP contribution >= 0.6 is 0 Å². The maximum Gasteiger partial charge on any atom is 0.253 e. The molecule has 0 saturated carbocycles. The number of rotatable bonds is 2. The number of aliphatic hydroxyl groups excluding tert-OH is 1. The zero-order valence-electron chi connectivity index (χ0n) is 10.5. The van der Waals surface area contributed by atoms with Gasteiger partial charge in [-0.2, -0.15) is 0 Å².